The molecule has 1 saturated heterocycles. The SMILES string of the molecule is COC(=O)C(O)CSC1CC(=O)OC(C)CCCCCC(O)C1=O. The minimum atomic E-state index is -1.39. The number of hydrogen-bond donors (Lipinski definition) is 2. The minimum Gasteiger partial charge on any atom is -0.467 e. The fraction of sp³-hybridized carbons (Fsp3) is 0.812. The van der Waals surface area contributed by atoms with Crippen LogP contribution in [0.1, 0.15) is 45.4 Å². The Balaban J connectivity index is 2.74. The molecular weight excluding hydrogens is 336 g/mol. The Morgan fingerprint density at radius 3 is 2.67 bits per heavy atom. The van der Waals surface area contributed by atoms with Crippen molar-refractivity contribution >= 4 is 29.5 Å². The number of aliphatic hydroxyl groups excluding tert-OH is 2. The topological polar surface area (TPSA) is 110 Å². The second-order valence-corrected chi connectivity index (χ2v) is 7.16. The average Bonchev–Trinajstić information content (AvgIpc) is 2.55. The van der Waals surface area contributed by atoms with Crippen LogP contribution >= 0.6 is 11.8 Å². The summed E-state index contributed by atoms with van der Waals surface area (Å²) in [6, 6.07) is 0. The van der Waals surface area contributed by atoms with Gasteiger partial charge in [0, 0.05) is 5.75 Å². The molecule has 0 saturated carbocycles. The number of hydrogen-bond acceptors (Lipinski definition) is 8. The molecule has 4 unspecified atom stereocenters. The second kappa shape index (κ2) is 10.7. The van der Waals surface area contributed by atoms with Crippen molar-refractivity contribution < 1.29 is 34.1 Å². The molecule has 138 valence electrons. The summed E-state index contributed by atoms with van der Waals surface area (Å²) >= 11 is 0.955. The summed E-state index contributed by atoms with van der Waals surface area (Å²) in [5, 5.41) is 18.8. The molecule has 0 spiro atoms. The maximum atomic E-state index is 12.4. The van der Waals surface area contributed by atoms with Gasteiger partial charge in [0.25, 0.3) is 0 Å². The van der Waals surface area contributed by atoms with Gasteiger partial charge in [-0.2, -0.15) is 0 Å². The zero-order chi connectivity index (χ0) is 18.1. The van der Waals surface area contributed by atoms with Gasteiger partial charge in [0.2, 0.25) is 0 Å². The van der Waals surface area contributed by atoms with Gasteiger partial charge in [-0.15, -0.1) is 11.8 Å². The Hall–Kier alpha value is -1.12. The first-order valence-corrected chi connectivity index (χ1v) is 9.18. The maximum Gasteiger partial charge on any atom is 0.335 e. The van der Waals surface area contributed by atoms with Crippen LogP contribution in [0, 0.1) is 0 Å². The first-order chi connectivity index (χ1) is 11.3. The van der Waals surface area contributed by atoms with E-state index in [1.54, 1.807) is 0 Å². The smallest absolute Gasteiger partial charge is 0.335 e. The maximum absolute atomic E-state index is 12.4. The largest absolute Gasteiger partial charge is 0.467 e. The van der Waals surface area contributed by atoms with Gasteiger partial charge in [0.15, 0.2) is 11.9 Å². The lowest BCUT2D eigenvalue weighted by atomic mass is 10.0. The molecule has 0 bridgehead atoms. The lowest BCUT2D eigenvalue weighted by Gasteiger charge is -2.21. The Morgan fingerprint density at radius 1 is 1.33 bits per heavy atom. The summed E-state index contributed by atoms with van der Waals surface area (Å²) in [7, 11) is 1.15. The number of thioether (sulfide) groups is 1. The number of carbonyl (C=O) groups excluding carboxylic acids is 3. The van der Waals surface area contributed by atoms with Crippen LogP contribution in [0.25, 0.3) is 0 Å². The predicted octanol–water partition coefficient (Wildman–Crippen LogP) is 0.838. The number of methoxy groups -OCH3 is 1. The van der Waals surface area contributed by atoms with E-state index in [4.69, 9.17) is 4.74 Å². The number of ether oxygens (including phenoxy) is 2. The number of rotatable bonds is 4. The number of aliphatic hydroxyl groups is 2. The normalized spacial score (nSPS) is 28.2. The van der Waals surface area contributed by atoms with Gasteiger partial charge in [-0.3, -0.25) is 9.59 Å². The van der Waals surface area contributed by atoms with E-state index in [1.807, 2.05) is 6.92 Å². The highest BCUT2D eigenvalue weighted by Crippen LogP contribution is 2.23. The summed E-state index contributed by atoms with van der Waals surface area (Å²) in [6.45, 7) is 1.81. The molecular formula is C16H26O7S. The number of ketones is 1. The highest BCUT2D eigenvalue weighted by atomic mass is 32.2. The van der Waals surface area contributed by atoms with Gasteiger partial charge < -0.3 is 19.7 Å². The molecule has 0 aromatic rings. The summed E-state index contributed by atoms with van der Waals surface area (Å²) in [5.74, 6) is -1.89. The average molecular weight is 362 g/mol. The molecule has 8 heteroatoms. The fourth-order valence-electron chi connectivity index (χ4n) is 2.44. The van der Waals surface area contributed by atoms with Crippen molar-refractivity contribution in [3.8, 4) is 0 Å². The van der Waals surface area contributed by atoms with Crippen molar-refractivity contribution in [1.29, 1.82) is 0 Å². The van der Waals surface area contributed by atoms with E-state index in [-0.39, 0.29) is 18.3 Å². The van der Waals surface area contributed by atoms with Crippen molar-refractivity contribution in [2.75, 3.05) is 12.9 Å². The minimum absolute atomic E-state index is 0.0986. The first-order valence-electron chi connectivity index (χ1n) is 8.14. The van der Waals surface area contributed by atoms with Crippen LogP contribution in [0.4, 0.5) is 0 Å². The van der Waals surface area contributed by atoms with Crippen molar-refractivity contribution in [1.82, 2.24) is 0 Å². The van der Waals surface area contributed by atoms with Crippen molar-refractivity contribution in [3.63, 3.8) is 0 Å². The second-order valence-electron chi connectivity index (χ2n) is 5.92. The van der Waals surface area contributed by atoms with Gasteiger partial charge in [0.1, 0.15) is 6.10 Å². The van der Waals surface area contributed by atoms with E-state index in [9.17, 15) is 24.6 Å². The van der Waals surface area contributed by atoms with E-state index >= 15 is 0 Å². The molecule has 7 nitrogen and oxygen atoms in total. The molecule has 0 aromatic heterocycles. The van der Waals surface area contributed by atoms with Gasteiger partial charge >= 0.3 is 11.9 Å². The summed E-state index contributed by atoms with van der Waals surface area (Å²) in [4.78, 5) is 35.6. The third kappa shape index (κ3) is 7.19. The van der Waals surface area contributed by atoms with Crippen molar-refractivity contribution in [2.24, 2.45) is 0 Å². The Bertz CT molecular complexity index is 440. The van der Waals surface area contributed by atoms with Crippen LogP contribution in [0.15, 0.2) is 0 Å². The van der Waals surface area contributed by atoms with Crippen LogP contribution in [0.2, 0.25) is 0 Å². The van der Waals surface area contributed by atoms with Gasteiger partial charge in [-0.05, 0) is 26.2 Å². The highest BCUT2D eigenvalue weighted by molar-refractivity contribution is 8.00. The molecule has 1 aliphatic rings. The molecule has 4 atom stereocenters. The van der Waals surface area contributed by atoms with Crippen molar-refractivity contribution in [3.05, 3.63) is 0 Å². The molecule has 1 fully saturated rings. The fourth-order valence-corrected chi connectivity index (χ4v) is 3.56. The van der Waals surface area contributed by atoms with E-state index < -0.39 is 35.2 Å². The zero-order valence-electron chi connectivity index (χ0n) is 14.1. The van der Waals surface area contributed by atoms with Crippen LogP contribution < -0.4 is 0 Å². The Kier molecular flexibility index (Phi) is 9.31. The van der Waals surface area contributed by atoms with Gasteiger partial charge in [0.05, 0.1) is 24.9 Å². The number of carbonyl (C=O) groups is 3. The molecule has 2 N–H and O–H groups in total. The van der Waals surface area contributed by atoms with Crippen LogP contribution in [0.5, 0.6) is 0 Å². The molecule has 24 heavy (non-hydrogen) atoms. The first kappa shape index (κ1) is 20.9. The molecule has 0 aromatic carbocycles. The Morgan fingerprint density at radius 2 is 2.00 bits per heavy atom. The molecule has 1 rings (SSSR count). The third-order valence-electron chi connectivity index (χ3n) is 3.85. The highest BCUT2D eigenvalue weighted by Gasteiger charge is 2.31. The third-order valence-corrected chi connectivity index (χ3v) is 5.16. The monoisotopic (exact) mass is 362 g/mol. The van der Waals surface area contributed by atoms with Gasteiger partial charge in [-0.1, -0.05) is 12.8 Å². The van der Waals surface area contributed by atoms with E-state index in [1.165, 1.54) is 0 Å². The molecule has 0 amide bonds. The van der Waals surface area contributed by atoms with Crippen LogP contribution in [-0.4, -0.2) is 64.4 Å². The van der Waals surface area contributed by atoms with Gasteiger partial charge in [-0.25, -0.2) is 4.79 Å². The van der Waals surface area contributed by atoms with E-state index in [0.29, 0.717) is 6.42 Å². The van der Waals surface area contributed by atoms with Crippen LogP contribution in [0.3, 0.4) is 0 Å². The van der Waals surface area contributed by atoms with E-state index in [0.717, 1.165) is 44.6 Å². The zero-order valence-corrected chi connectivity index (χ0v) is 14.9. The molecule has 1 aliphatic heterocycles. The predicted molar refractivity (Wildman–Crippen MR) is 88.5 cm³/mol. The summed E-state index contributed by atoms with van der Waals surface area (Å²) < 4.78 is 9.69. The summed E-state index contributed by atoms with van der Waals surface area (Å²) in [6.07, 6.45) is 0.582. The van der Waals surface area contributed by atoms with Crippen LogP contribution in [-0.2, 0) is 23.9 Å². The lowest BCUT2D eigenvalue weighted by Crippen LogP contribution is -2.35. The van der Waals surface area contributed by atoms with Crippen molar-refractivity contribution in [2.45, 2.75) is 69.0 Å². The number of Topliss-reactive ketones (excluding diaryl/α,β-unsaturated/α-hetero) is 1. The number of esters is 2. The number of cyclic esters (lactones) is 1. The Labute approximate surface area is 146 Å². The summed E-state index contributed by atoms with van der Waals surface area (Å²) in [5.41, 5.74) is 0. The lowest BCUT2D eigenvalue weighted by molar-refractivity contribution is -0.150. The molecule has 0 radical (unpaired) electrons. The quantitative estimate of drug-likeness (QED) is 0.708. The molecule has 1 heterocycles. The van der Waals surface area contributed by atoms with E-state index in [2.05, 4.69) is 4.74 Å². The standard InChI is InChI=1S/C16H26O7S/c1-10-6-4-3-5-7-11(17)15(20)13(8-14(19)23-10)24-9-12(18)16(21)22-2/h10-13,17-18H,3-9H2,1-2H3. The molecule has 0 aliphatic carbocycles.